The maximum atomic E-state index is 14.3. The smallest absolute Gasteiger partial charge is 0.378 e. The molecule has 2 aromatic heterocycles. The number of nitrogens with zero attached hydrogens (tertiary/aromatic N) is 3. The normalized spacial score (nSPS) is 18.8. The van der Waals surface area contributed by atoms with Gasteiger partial charge in [0.05, 0.1) is 5.56 Å². The second-order valence-electron chi connectivity index (χ2n) is 8.49. The van der Waals surface area contributed by atoms with Crippen LogP contribution >= 0.6 is 0 Å². The van der Waals surface area contributed by atoms with E-state index in [4.69, 9.17) is 0 Å². The van der Waals surface area contributed by atoms with Gasteiger partial charge in [0.1, 0.15) is 17.3 Å². The van der Waals surface area contributed by atoms with E-state index in [1.54, 1.807) is 37.2 Å². The second-order valence-corrected chi connectivity index (χ2v) is 8.49. The highest BCUT2D eigenvalue weighted by atomic mass is 19.4. The van der Waals surface area contributed by atoms with Crippen LogP contribution in [-0.4, -0.2) is 41.5 Å². The number of amides is 1. The maximum Gasteiger partial charge on any atom is 0.434 e. The zero-order valence-electron chi connectivity index (χ0n) is 18.3. The number of imidazole rings is 1. The van der Waals surface area contributed by atoms with E-state index in [-0.39, 0.29) is 23.3 Å². The molecule has 176 valence electrons. The number of aromatic nitrogens is 2. The average Bonchev–Trinajstić information content (AvgIpc) is 3.21. The van der Waals surface area contributed by atoms with Crippen molar-refractivity contribution in [3.05, 3.63) is 59.7 Å². The molecule has 0 radical (unpaired) electrons. The van der Waals surface area contributed by atoms with E-state index in [0.29, 0.717) is 37.2 Å². The van der Waals surface area contributed by atoms with E-state index in [2.05, 4.69) is 15.6 Å². The van der Waals surface area contributed by atoms with Gasteiger partial charge in [-0.05, 0) is 56.0 Å². The number of carbonyl (C=O) groups excluding carboxylic acids is 1. The minimum Gasteiger partial charge on any atom is -0.378 e. The molecule has 33 heavy (non-hydrogen) atoms. The molecule has 0 saturated heterocycles. The van der Waals surface area contributed by atoms with Gasteiger partial charge in [-0.3, -0.25) is 9.20 Å². The number of rotatable bonds is 5. The van der Waals surface area contributed by atoms with Crippen molar-refractivity contribution < 1.29 is 22.4 Å². The van der Waals surface area contributed by atoms with Crippen molar-refractivity contribution in [1.29, 1.82) is 0 Å². The van der Waals surface area contributed by atoms with Gasteiger partial charge < -0.3 is 15.5 Å². The number of alkyl halides is 3. The van der Waals surface area contributed by atoms with Crippen LogP contribution in [-0.2, 0) is 6.18 Å². The molecule has 1 saturated carbocycles. The number of anilines is 2. The van der Waals surface area contributed by atoms with Crippen LogP contribution in [0.5, 0.6) is 0 Å². The first-order valence-corrected chi connectivity index (χ1v) is 10.7. The molecule has 4 rings (SSSR count). The minimum atomic E-state index is -4.51. The fourth-order valence-corrected chi connectivity index (χ4v) is 4.09. The Kier molecular flexibility index (Phi) is 6.18. The van der Waals surface area contributed by atoms with Gasteiger partial charge in [0, 0.05) is 38.1 Å². The summed E-state index contributed by atoms with van der Waals surface area (Å²) in [5.41, 5.74) is -0.0383. The fraction of sp³-hybridized carbons (Fsp3) is 0.391. The molecule has 1 aliphatic carbocycles. The van der Waals surface area contributed by atoms with Gasteiger partial charge >= 0.3 is 6.18 Å². The average molecular weight is 463 g/mol. The van der Waals surface area contributed by atoms with E-state index in [1.807, 2.05) is 0 Å². The maximum absolute atomic E-state index is 14.3. The molecule has 6 nitrogen and oxygen atoms in total. The number of fused-ring (bicyclic) bond motifs is 1. The predicted octanol–water partition coefficient (Wildman–Crippen LogP) is 4.71. The lowest BCUT2D eigenvalue weighted by molar-refractivity contribution is -0.140. The number of hydrogen-bond acceptors (Lipinski definition) is 4. The van der Waals surface area contributed by atoms with E-state index < -0.39 is 23.6 Å². The molecule has 1 aliphatic rings. The number of nitrogens with one attached hydrogen (secondary N) is 2. The highest BCUT2D eigenvalue weighted by Crippen LogP contribution is 2.30. The summed E-state index contributed by atoms with van der Waals surface area (Å²) in [5, 5.41) is 6.20. The summed E-state index contributed by atoms with van der Waals surface area (Å²) in [6.45, 7) is 0. The zero-order chi connectivity index (χ0) is 23.8. The summed E-state index contributed by atoms with van der Waals surface area (Å²) in [5.74, 6) is -0.483. The van der Waals surface area contributed by atoms with Crippen molar-refractivity contribution in [1.82, 2.24) is 14.7 Å². The second kappa shape index (κ2) is 8.92. The number of pyridine rings is 1. The van der Waals surface area contributed by atoms with Crippen LogP contribution in [0.3, 0.4) is 0 Å². The van der Waals surface area contributed by atoms with Crippen LogP contribution in [0.15, 0.2) is 42.6 Å². The summed E-state index contributed by atoms with van der Waals surface area (Å²) in [6.07, 6.45) is -0.747. The molecule has 2 N–H and O–H groups in total. The molecule has 0 unspecified atom stereocenters. The molecule has 1 aromatic carbocycles. The Morgan fingerprint density at radius 2 is 1.79 bits per heavy atom. The van der Waals surface area contributed by atoms with Crippen LogP contribution < -0.4 is 15.5 Å². The Balaban J connectivity index is 1.36. The Morgan fingerprint density at radius 3 is 2.42 bits per heavy atom. The topological polar surface area (TPSA) is 61.7 Å². The van der Waals surface area contributed by atoms with Gasteiger partial charge in [0.25, 0.3) is 5.91 Å². The van der Waals surface area contributed by atoms with Crippen LogP contribution in [0, 0.1) is 5.82 Å². The lowest BCUT2D eigenvalue weighted by Gasteiger charge is -2.30. The van der Waals surface area contributed by atoms with E-state index in [1.165, 1.54) is 22.6 Å². The van der Waals surface area contributed by atoms with Crippen LogP contribution in [0.25, 0.3) is 5.65 Å². The summed E-state index contributed by atoms with van der Waals surface area (Å²) in [7, 11) is 3.59. The summed E-state index contributed by atoms with van der Waals surface area (Å²) >= 11 is 0. The van der Waals surface area contributed by atoms with Crippen molar-refractivity contribution in [2.75, 3.05) is 24.3 Å². The fourth-order valence-electron chi connectivity index (χ4n) is 4.09. The van der Waals surface area contributed by atoms with Gasteiger partial charge in [0.2, 0.25) is 0 Å². The SMILES string of the molecule is CN(C)c1ccc(C(=O)NC2CCC(Nc3cccc4nc(C(F)(F)F)cn34)CC2)c(F)c1. The first-order chi connectivity index (χ1) is 15.6. The third-order valence-electron chi connectivity index (χ3n) is 5.91. The lowest BCUT2D eigenvalue weighted by Crippen LogP contribution is -2.40. The largest absolute Gasteiger partial charge is 0.434 e. The molecule has 10 heteroatoms. The van der Waals surface area contributed by atoms with E-state index in [9.17, 15) is 22.4 Å². The summed E-state index contributed by atoms with van der Waals surface area (Å²) in [6, 6.07) is 9.35. The molecule has 1 fully saturated rings. The lowest BCUT2D eigenvalue weighted by atomic mass is 9.91. The zero-order valence-corrected chi connectivity index (χ0v) is 18.3. The van der Waals surface area contributed by atoms with Crippen molar-refractivity contribution in [3.8, 4) is 0 Å². The Morgan fingerprint density at radius 1 is 1.09 bits per heavy atom. The van der Waals surface area contributed by atoms with Gasteiger partial charge in [-0.1, -0.05) is 6.07 Å². The minimum absolute atomic E-state index is 0.00750. The first kappa shape index (κ1) is 22.9. The quantitative estimate of drug-likeness (QED) is 0.538. The van der Waals surface area contributed by atoms with E-state index >= 15 is 0 Å². The van der Waals surface area contributed by atoms with Crippen molar-refractivity contribution in [2.24, 2.45) is 0 Å². The molecular formula is C23H25F4N5O. The van der Waals surface area contributed by atoms with Crippen LogP contribution in [0.1, 0.15) is 41.7 Å². The van der Waals surface area contributed by atoms with Crippen LogP contribution in [0.4, 0.5) is 29.1 Å². The third-order valence-corrected chi connectivity index (χ3v) is 5.91. The summed E-state index contributed by atoms with van der Waals surface area (Å²) in [4.78, 5) is 17.9. The number of carbonyl (C=O) groups is 1. The molecule has 0 atom stereocenters. The molecule has 2 heterocycles. The molecular weight excluding hydrogens is 438 g/mol. The molecule has 0 spiro atoms. The number of benzene rings is 1. The van der Waals surface area contributed by atoms with Crippen molar-refractivity contribution in [2.45, 2.75) is 43.9 Å². The molecule has 0 aliphatic heterocycles. The molecule has 0 bridgehead atoms. The monoisotopic (exact) mass is 463 g/mol. The Labute approximate surface area is 188 Å². The van der Waals surface area contributed by atoms with Gasteiger partial charge in [0.15, 0.2) is 5.69 Å². The number of halogens is 4. The molecule has 3 aromatic rings. The highest BCUT2D eigenvalue weighted by Gasteiger charge is 2.34. The van der Waals surface area contributed by atoms with Gasteiger partial charge in [-0.2, -0.15) is 13.2 Å². The van der Waals surface area contributed by atoms with Crippen molar-refractivity contribution >= 4 is 23.1 Å². The Hall–Kier alpha value is -3.30. The summed E-state index contributed by atoms with van der Waals surface area (Å²) < 4.78 is 54.8. The van der Waals surface area contributed by atoms with Gasteiger partial charge in [-0.25, -0.2) is 9.37 Å². The molecule has 1 amide bonds. The number of hydrogen-bond donors (Lipinski definition) is 2. The van der Waals surface area contributed by atoms with E-state index in [0.717, 1.165) is 6.20 Å². The highest BCUT2D eigenvalue weighted by molar-refractivity contribution is 5.95. The van der Waals surface area contributed by atoms with Gasteiger partial charge in [-0.15, -0.1) is 0 Å². The van der Waals surface area contributed by atoms with Crippen molar-refractivity contribution in [3.63, 3.8) is 0 Å². The first-order valence-electron chi connectivity index (χ1n) is 10.7. The third kappa shape index (κ3) is 5.04. The predicted molar refractivity (Wildman–Crippen MR) is 118 cm³/mol. The van der Waals surface area contributed by atoms with Crippen LogP contribution in [0.2, 0.25) is 0 Å². The standard InChI is InChI=1S/C23H25F4N5O/c1-31(2)16-10-11-17(18(24)12-16)22(33)29-15-8-6-14(7-9-15)28-20-4-3-5-21-30-19(13-32(20)21)23(25,26)27/h3-5,10-15,28H,6-9H2,1-2H3,(H,29,33). The Bertz CT molecular complexity index is 1150.